The Labute approximate surface area is 183 Å². The highest BCUT2D eigenvalue weighted by Crippen LogP contribution is 2.30. The van der Waals surface area contributed by atoms with Crippen LogP contribution in [0.3, 0.4) is 0 Å². The second kappa shape index (κ2) is 17.3. The maximum Gasteiger partial charge on any atom is 0.172 e. The van der Waals surface area contributed by atoms with Gasteiger partial charge in [0.25, 0.3) is 0 Å². The molecule has 27 heavy (non-hydrogen) atoms. The maximum absolute atomic E-state index is 4.33. The molecule has 0 spiro atoms. The third kappa shape index (κ3) is 12.5. The minimum absolute atomic E-state index is 1.36. The van der Waals surface area contributed by atoms with Gasteiger partial charge in [0.15, 0.2) is 6.69 Å². The average Bonchev–Trinajstić information content (AvgIpc) is 3.22. The van der Waals surface area contributed by atoms with Crippen molar-refractivity contribution in [1.82, 2.24) is 0 Å². The van der Waals surface area contributed by atoms with Gasteiger partial charge < -0.3 is 0 Å². The van der Waals surface area contributed by atoms with Crippen LogP contribution in [-0.4, -0.2) is 6.69 Å². The Balaban J connectivity index is 2.21. The first-order chi connectivity index (χ1) is 13.2. The van der Waals surface area contributed by atoms with E-state index in [9.17, 15) is 0 Å². The second-order valence-electron chi connectivity index (χ2n) is 8.39. The zero-order valence-corrected chi connectivity index (χ0v) is 21.6. The molecule has 0 aliphatic carbocycles. The summed E-state index contributed by atoms with van der Waals surface area (Å²) in [4.78, 5) is 0. The molecule has 0 aromatic carbocycles. The smallest absolute Gasteiger partial charge is 0.152 e. The number of thiophene rings is 1. The minimum atomic E-state index is -1.40. The third-order valence-corrected chi connectivity index (χ3v) is 15.8. The van der Waals surface area contributed by atoms with Crippen LogP contribution in [0.4, 0.5) is 0 Å². The predicted molar refractivity (Wildman–Crippen MR) is 133 cm³/mol. The summed E-state index contributed by atoms with van der Waals surface area (Å²) in [5.41, 5.74) is 0. The number of hydrogen-bond acceptors (Lipinski definition) is 1. The van der Waals surface area contributed by atoms with Crippen molar-refractivity contribution in [1.29, 1.82) is 0 Å². The largest absolute Gasteiger partial charge is 0.172 e. The lowest BCUT2D eigenvalue weighted by Gasteiger charge is -2.24. The van der Waals surface area contributed by atoms with Crippen LogP contribution in [0.15, 0.2) is 17.5 Å². The molecule has 0 unspecified atom stereocenters. The highest BCUT2D eigenvalue weighted by atomic mass is 79.9. The normalized spacial score (nSPS) is 12.0. The van der Waals surface area contributed by atoms with Gasteiger partial charge in [-0.25, -0.2) is 0 Å². The van der Waals surface area contributed by atoms with Gasteiger partial charge in [-0.05, 0) is 17.5 Å². The zero-order chi connectivity index (χ0) is 19.6. The van der Waals surface area contributed by atoms with Crippen molar-refractivity contribution < 1.29 is 0 Å². The number of halogens is 1. The molecule has 0 radical (unpaired) electrons. The average molecular weight is 474 g/mol. The lowest BCUT2D eigenvalue weighted by atomic mass is 10.1. The van der Waals surface area contributed by atoms with E-state index in [1.807, 2.05) is 11.3 Å². The van der Waals surface area contributed by atoms with E-state index in [0.717, 1.165) is 0 Å². The molecule has 1 aromatic heterocycles. The topological polar surface area (TPSA) is 0 Å². The Hall–Kier alpha value is 0.397. The number of unbranched alkanes of at least 4 members (excludes halogenated alkanes) is 14. The van der Waals surface area contributed by atoms with E-state index in [4.69, 9.17) is 0 Å². The molecule has 1 rings (SSSR count). The molecule has 0 amide bonds. The van der Waals surface area contributed by atoms with Crippen LogP contribution in [0.2, 0.25) is 12.1 Å². The van der Waals surface area contributed by atoms with E-state index in [2.05, 4.69) is 46.7 Å². The summed E-state index contributed by atoms with van der Waals surface area (Å²) in [5.74, 6) is 0. The van der Waals surface area contributed by atoms with Crippen molar-refractivity contribution in [3.05, 3.63) is 17.5 Å². The van der Waals surface area contributed by atoms with Gasteiger partial charge in [0.2, 0.25) is 0 Å². The Kier molecular flexibility index (Phi) is 16.3. The SMILES string of the molecule is CCCCCCCCCC[Si](Br)(CCCCCCCCCC)c1cccs1. The van der Waals surface area contributed by atoms with E-state index >= 15 is 0 Å². The van der Waals surface area contributed by atoms with Crippen molar-refractivity contribution in [3.63, 3.8) is 0 Å². The number of rotatable bonds is 19. The van der Waals surface area contributed by atoms with Crippen LogP contribution < -0.4 is 4.50 Å². The van der Waals surface area contributed by atoms with Gasteiger partial charge in [0, 0.05) is 4.50 Å². The van der Waals surface area contributed by atoms with Crippen molar-refractivity contribution in [2.75, 3.05) is 0 Å². The predicted octanol–water partition coefficient (Wildman–Crippen LogP) is 9.58. The summed E-state index contributed by atoms with van der Waals surface area (Å²) in [6.07, 6.45) is 22.9. The second-order valence-corrected chi connectivity index (χ2v) is 17.7. The molecule has 0 saturated heterocycles. The maximum atomic E-state index is 4.33. The summed E-state index contributed by atoms with van der Waals surface area (Å²) >= 11 is 6.33. The first-order valence-electron chi connectivity index (χ1n) is 12.0. The van der Waals surface area contributed by atoms with Gasteiger partial charge in [-0.1, -0.05) is 129 Å². The number of hydrogen-bond donors (Lipinski definition) is 0. The molecule has 158 valence electrons. The van der Waals surface area contributed by atoms with Gasteiger partial charge in [0.1, 0.15) is 0 Å². The highest BCUT2D eigenvalue weighted by Gasteiger charge is 2.32. The quantitative estimate of drug-likeness (QED) is 0.107. The molecule has 1 aromatic rings. The first-order valence-corrected chi connectivity index (χ1v) is 17.5. The summed E-state index contributed by atoms with van der Waals surface area (Å²) in [7, 11) is 0. The summed E-state index contributed by atoms with van der Waals surface area (Å²) in [5, 5.41) is 2.28. The van der Waals surface area contributed by atoms with Crippen LogP contribution in [0.1, 0.15) is 117 Å². The molecule has 0 bridgehead atoms. The summed E-state index contributed by atoms with van der Waals surface area (Å²) in [6, 6.07) is 7.55. The summed E-state index contributed by atoms with van der Waals surface area (Å²) in [6.45, 7) is 3.20. The molecule has 0 atom stereocenters. The van der Waals surface area contributed by atoms with E-state index < -0.39 is 6.69 Å². The zero-order valence-electron chi connectivity index (χ0n) is 18.2. The monoisotopic (exact) mass is 472 g/mol. The molecular formula is C24H45BrSSi. The molecule has 0 N–H and O–H groups in total. The Morgan fingerprint density at radius 2 is 1.07 bits per heavy atom. The standard InChI is InChI=1S/C24H45BrSSi/c1-3-5-7-9-11-13-15-17-22-27(25,24-20-19-21-26-24)23-18-16-14-12-10-8-6-4-2/h19-21H,3-18,22-23H2,1-2H3. The van der Waals surface area contributed by atoms with Gasteiger partial charge in [-0.2, -0.15) is 11.3 Å². The Bertz CT molecular complexity index is 398. The fraction of sp³-hybridized carbons (Fsp3) is 0.833. The van der Waals surface area contributed by atoms with E-state index in [1.165, 1.54) is 115 Å². The molecule has 0 fully saturated rings. The van der Waals surface area contributed by atoms with E-state index in [0.29, 0.717) is 0 Å². The van der Waals surface area contributed by atoms with Crippen molar-refractivity contribution >= 4 is 37.8 Å². The van der Waals surface area contributed by atoms with Crippen LogP contribution >= 0.6 is 26.6 Å². The molecule has 0 aliphatic heterocycles. The fourth-order valence-corrected chi connectivity index (χ4v) is 11.8. The third-order valence-electron chi connectivity index (χ3n) is 5.82. The first kappa shape index (κ1) is 25.4. The van der Waals surface area contributed by atoms with Gasteiger partial charge in [0.05, 0.1) is 0 Å². The molecule has 1 heterocycles. The van der Waals surface area contributed by atoms with Crippen molar-refractivity contribution in [2.45, 2.75) is 129 Å². The van der Waals surface area contributed by atoms with Crippen molar-refractivity contribution in [3.8, 4) is 0 Å². The van der Waals surface area contributed by atoms with Gasteiger partial charge >= 0.3 is 0 Å². The Morgan fingerprint density at radius 1 is 0.667 bits per heavy atom. The van der Waals surface area contributed by atoms with Crippen LogP contribution in [-0.2, 0) is 0 Å². The lowest BCUT2D eigenvalue weighted by Crippen LogP contribution is -2.39. The lowest BCUT2D eigenvalue weighted by molar-refractivity contribution is 0.581. The molecule has 0 aliphatic rings. The molecule has 0 nitrogen and oxygen atoms in total. The molecule has 3 heteroatoms. The van der Waals surface area contributed by atoms with E-state index in [-0.39, 0.29) is 0 Å². The highest BCUT2D eigenvalue weighted by molar-refractivity contribution is 9.26. The van der Waals surface area contributed by atoms with Gasteiger partial charge in [-0.3, -0.25) is 0 Å². The minimum Gasteiger partial charge on any atom is -0.152 e. The van der Waals surface area contributed by atoms with E-state index in [1.54, 1.807) is 4.50 Å². The van der Waals surface area contributed by atoms with Crippen LogP contribution in [0.25, 0.3) is 0 Å². The van der Waals surface area contributed by atoms with Crippen LogP contribution in [0.5, 0.6) is 0 Å². The Morgan fingerprint density at radius 3 is 1.44 bits per heavy atom. The molecule has 0 saturated carbocycles. The van der Waals surface area contributed by atoms with Gasteiger partial charge in [-0.15, -0.1) is 15.3 Å². The summed E-state index contributed by atoms with van der Waals surface area (Å²) < 4.78 is 1.69. The fourth-order valence-electron chi connectivity index (χ4n) is 3.98. The van der Waals surface area contributed by atoms with Crippen LogP contribution in [0, 0.1) is 0 Å². The molecular weight excluding hydrogens is 428 g/mol. The van der Waals surface area contributed by atoms with Crippen molar-refractivity contribution in [2.24, 2.45) is 0 Å².